The first-order valence-electron chi connectivity index (χ1n) is 9.18. The van der Waals surface area contributed by atoms with E-state index in [2.05, 4.69) is 12.2 Å². The molecule has 0 aromatic heterocycles. The van der Waals surface area contributed by atoms with Crippen LogP contribution in [0.3, 0.4) is 0 Å². The van der Waals surface area contributed by atoms with Crippen molar-refractivity contribution in [2.24, 2.45) is 5.92 Å². The molecule has 0 spiro atoms. The van der Waals surface area contributed by atoms with Crippen LogP contribution in [0.1, 0.15) is 35.6 Å². The maximum absolute atomic E-state index is 12.8. The van der Waals surface area contributed by atoms with Crippen LogP contribution in [0.5, 0.6) is 0 Å². The van der Waals surface area contributed by atoms with Crippen molar-refractivity contribution in [1.29, 1.82) is 0 Å². The molecule has 4 nitrogen and oxygen atoms in total. The molecule has 4 heteroatoms. The number of benzene rings is 2. The van der Waals surface area contributed by atoms with Crippen LogP contribution in [0, 0.1) is 26.7 Å². The molecule has 1 aliphatic heterocycles. The van der Waals surface area contributed by atoms with Crippen LogP contribution in [0.4, 0.5) is 11.4 Å². The van der Waals surface area contributed by atoms with E-state index in [1.807, 2.05) is 57.2 Å². The average molecular weight is 350 g/mol. The zero-order chi connectivity index (χ0) is 18.8. The molecular weight excluding hydrogens is 324 g/mol. The number of amides is 2. The first kappa shape index (κ1) is 18.2. The SMILES string of the molecule is CCc1cccc(C)c1NC(=O)C1CC(=O)N(c2c(C)cccc2C)C1. The summed E-state index contributed by atoms with van der Waals surface area (Å²) in [6.45, 7) is 8.52. The number of nitrogens with one attached hydrogen (secondary N) is 1. The second-order valence-electron chi connectivity index (χ2n) is 7.10. The summed E-state index contributed by atoms with van der Waals surface area (Å²) in [5.41, 5.74) is 6.12. The van der Waals surface area contributed by atoms with Crippen molar-refractivity contribution in [3.05, 3.63) is 58.7 Å². The summed E-state index contributed by atoms with van der Waals surface area (Å²) in [5.74, 6) is -0.384. The van der Waals surface area contributed by atoms with Gasteiger partial charge in [0.1, 0.15) is 0 Å². The van der Waals surface area contributed by atoms with Gasteiger partial charge < -0.3 is 10.2 Å². The minimum Gasteiger partial charge on any atom is -0.325 e. The summed E-state index contributed by atoms with van der Waals surface area (Å²) in [6.07, 6.45) is 1.11. The lowest BCUT2D eigenvalue weighted by molar-refractivity contribution is -0.122. The first-order valence-corrected chi connectivity index (χ1v) is 9.18. The third kappa shape index (κ3) is 3.36. The summed E-state index contributed by atoms with van der Waals surface area (Å²) in [6, 6.07) is 12.0. The third-order valence-electron chi connectivity index (χ3n) is 5.19. The maximum atomic E-state index is 12.8. The Hall–Kier alpha value is -2.62. The average Bonchev–Trinajstić information content (AvgIpc) is 2.98. The van der Waals surface area contributed by atoms with Crippen LogP contribution < -0.4 is 10.2 Å². The lowest BCUT2D eigenvalue weighted by atomic mass is 10.0. The largest absolute Gasteiger partial charge is 0.325 e. The molecule has 2 aromatic rings. The molecule has 2 amide bonds. The van der Waals surface area contributed by atoms with E-state index < -0.39 is 0 Å². The van der Waals surface area contributed by atoms with Gasteiger partial charge >= 0.3 is 0 Å². The topological polar surface area (TPSA) is 49.4 Å². The van der Waals surface area contributed by atoms with Gasteiger partial charge in [0.25, 0.3) is 0 Å². The Morgan fingerprint density at radius 1 is 1.08 bits per heavy atom. The molecule has 1 unspecified atom stereocenters. The first-order chi connectivity index (χ1) is 12.4. The zero-order valence-electron chi connectivity index (χ0n) is 15.9. The fourth-order valence-electron chi connectivity index (χ4n) is 3.76. The van der Waals surface area contributed by atoms with Gasteiger partial charge in [0.05, 0.1) is 5.92 Å². The highest BCUT2D eigenvalue weighted by molar-refractivity contribution is 6.04. The van der Waals surface area contributed by atoms with Gasteiger partial charge in [-0.15, -0.1) is 0 Å². The summed E-state index contributed by atoms with van der Waals surface area (Å²) in [7, 11) is 0. The quantitative estimate of drug-likeness (QED) is 0.900. The fourth-order valence-corrected chi connectivity index (χ4v) is 3.76. The molecule has 1 N–H and O–H groups in total. The zero-order valence-corrected chi connectivity index (χ0v) is 15.9. The molecule has 1 atom stereocenters. The Morgan fingerprint density at radius 3 is 2.35 bits per heavy atom. The number of carbonyl (C=O) groups excluding carboxylic acids is 2. The highest BCUT2D eigenvalue weighted by Gasteiger charge is 2.36. The molecule has 1 saturated heterocycles. The van der Waals surface area contributed by atoms with Crippen LogP contribution in [-0.4, -0.2) is 18.4 Å². The third-order valence-corrected chi connectivity index (χ3v) is 5.19. The van der Waals surface area contributed by atoms with Crippen LogP contribution in [0.2, 0.25) is 0 Å². The molecule has 3 rings (SSSR count). The maximum Gasteiger partial charge on any atom is 0.229 e. The van der Waals surface area contributed by atoms with Crippen LogP contribution in [0.15, 0.2) is 36.4 Å². The molecule has 0 bridgehead atoms. The van der Waals surface area contributed by atoms with Crippen molar-refractivity contribution < 1.29 is 9.59 Å². The molecule has 1 aliphatic rings. The van der Waals surface area contributed by atoms with E-state index in [4.69, 9.17) is 0 Å². The molecule has 1 heterocycles. The van der Waals surface area contributed by atoms with Crippen molar-refractivity contribution in [1.82, 2.24) is 0 Å². The van der Waals surface area contributed by atoms with Crippen molar-refractivity contribution >= 4 is 23.2 Å². The minimum atomic E-state index is -0.328. The number of carbonyl (C=O) groups is 2. The standard InChI is InChI=1S/C22H26N2O2/c1-5-17-11-7-8-14(2)20(17)23-22(26)18-12-19(25)24(13-18)21-15(3)9-6-10-16(21)4/h6-11,18H,5,12-13H2,1-4H3,(H,23,26). The van der Waals surface area contributed by atoms with E-state index in [9.17, 15) is 9.59 Å². The Kier molecular flexibility index (Phi) is 5.12. The van der Waals surface area contributed by atoms with Gasteiger partial charge in [-0.1, -0.05) is 43.3 Å². The van der Waals surface area contributed by atoms with Crippen LogP contribution in [-0.2, 0) is 16.0 Å². The Balaban J connectivity index is 1.80. The Morgan fingerprint density at radius 2 is 1.69 bits per heavy atom. The van der Waals surface area contributed by atoms with E-state index in [-0.39, 0.29) is 24.2 Å². The smallest absolute Gasteiger partial charge is 0.229 e. The number of para-hydroxylation sites is 2. The molecule has 136 valence electrons. The van der Waals surface area contributed by atoms with E-state index in [0.717, 1.165) is 40.0 Å². The van der Waals surface area contributed by atoms with Crippen molar-refractivity contribution in [3.8, 4) is 0 Å². The highest BCUT2D eigenvalue weighted by atomic mass is 16.2. The molecule has 2 aromatic carbocycles. The summed E-state index contributed by atoms with van der Waals surface area (Å²) in [5, 5.41) is 3.08. The number of rotatable bonds is 4. The second kappa shape index (κ2) is 7.32. The van der Waals surface area contributed by atoms with Gasteiger partial charge in [-0.25, -0.2) is 0 Å². The summed E-state index contributed by atoms with van der Waals surface area (Å²) >= 11 is 0. The van der Waals surface area contributed by atoms with Crippen molar-refractivity contribution in [2.45, 2.75) is 40.5 Å². The van der Waals surface area contributed by atoms with Gasteiger partial charge in [-0.2, -0.15) is 0 Å². The molecule has 0 aliphatic carbocycles. The van der Waals surface area contributed by atoms with Gasteiger partial charge in [-0.3, -0.25) is 9.59 Å². The number of aryl methyl sites for hydroxylation is 4. The van der Waals surface area contributed by atoms with Crippen LogP contribution in [0.25, 0.3) is 0 Å². The normalized spacial score (nSPS) is 16.8. The Bertz CT molecular complexity index is 837. The predicted octanol–water partition coefficient (Wildman–Crippen LogP) is 4.17. The number of nitrogens with zero attached hydrogens (tertiary/aromatic N) is 1. The highest BCUT2D eigenvalue weighted by Crippen LogP contribution is 2.31. The fraction of sp³-hybridized carbons (Fsp3) is 0.364. The molecule has 26 heavy (non-hydrogen) atoms. The molecule has 0 saturated carbocycles. The number of hydrogen-bond donors (Lipinski definition) is 1. The van der Waals surface area contributed by atoms with E-state index in [1.165, 1.54) is 0 Å². The Labute approximate surface area is 155 Å². The monoisotopic (exact) mass is 350 g/mol. The van der Waals surface area contributed by atoms with Crippen molar-refractivity contribution in [2.75, 3.05) is 16.8 Å². The minimum absolute atomic E-state index is 0.0167. The number of anilines is 2. The predicted molar refractivity (Wildman–Crippen MR) is 106 cm³/mol. The number of hydrogen-bond acceptors (Lipinski definition) is 2. The van der Waals surface area contributed by atoms with E-state index >= 15 is 0 Å². The lowest BCUT2D eigenvalue weighted by Gasteiger charge is -2.21. The van der Waals surface area contributed by atoms with Gasteiger partial charge in [0.15, 0.2) is 0 Å². The molecule has 1 fully saturated rings. The summed E-state index contributed by atoms with van der Waals surface area (Å²) < 4.78 is 0. The molecule has 0 radical (unpaired) electrons. The van der Waals surface area contributed by atoms with Crippen LogP contribution >= 0.6 is 0 Å². The van der Waals surface area contributed by atoms with E-state index in [0.29, 0.717) is 6.54 Å². The van der Waals surface area contributed by atoms with Gasteiger partial charge in [0, 0.05) is 24.3 Å². The molecular formula is C22H26N2O2. The second-order valence-corrected chi connectivity index (χ2v) is 7.10. The van der Waals surface area contributed by atoms with Gasteiger partial charge in [-0.05, 0) is 49.4 Å². The lowest BCUT2D eigenvalue weighted by Crippen LogP contribution is -2.29. The van der Waals surface area contributed by atoms with E-state index in [1.54, 1.807) is 4.90 Å². The van der Waals surface area contributed by atoms with Crippen molar-refractivity contribution in [3.63, 3.8) is 0 Å². The summed E-state index contributed by atoms with van der Waals surface area (Å²) in [4.78, 5) is 27.2. The van der Waals surface area contributed by atoms with Gasteiger partial charge in [0.2, 0.25) is 11.8 Å².